The molecule has 1 aromatic heterocycles. The van der Waals surface area contributed by atoms with Crippen LogP contribution in [0.3, 0.4) is 0 Å². The highest BCUT2D eigenvalue weighted by Crippen LogP contribution is 2.17. The summed E-state index contributed by atoms with van der Waals surface area (Å²) in [5.41, 5.74) is 1.32. The largest absolute Gasteiger partial charge is 0.421 e. The van der Waals surface area contributed by atoms with E-state index in [-0.39, 0.29) is 18.7 Å². The number of hydrogen-bond acceptors (Lipinski definition) is 5. The maximum absolute atomic E-state index is 12.8. The molecule has 0 unspecified atom stereocenters. The lowest BCUT2D eigenvalue weighted by Crippen LogP contribution is -2.27. The topological polar surface area (TPSA) is 85.1 Å². The minimum Gasteiger partial charge on any atom is -0.421 e. The van der Waals surface area contributed by atoms with Gasteiger partial charge in [0.2, 0.25) is 21.8 Å². The quantitative estimate of drug-likeness (QED) is 0.699. The first kappa shape index (κ1) is 17.2. The van der Waals surface area contributed by atoms with Gasteiger partial charge in [-0.3, -0.25) is 0 Å². The van der Waals surface area contributed by atoms with E-state index in [0.717, 1.165) is 5.56 Å². The zero-order valence-corrected chi connectivity index (χ0v) is 14.0. The summed E-state index contributed by atoms with van der Waals surface area (Å²) in [5.74, 6) is 0.125. The molecule has 0 radical (unpaired) electrons. The van der Waals surface area contributed by atoms with Crippen LogP contribution in [-0.4, -0.2) is 25.2 Å². The van der Waals surface area contributed by atoms with Crippen LogP contribution in [0.15, 0.2) is 59.0 Å². The van der Waals surface area contributed by atoms with E-state index < -0.39 is 15.8 Å². The van der Waals surface area contributed by atoms with E-state index in [9.17, 15) is 12.8 Å². The number of rotatable bonds is 7. The lowest BCUT2D eigenvalue weighted by atomic mass is 10.2. The molecule has 6 nitrogen and oxygen atoms in total. The number of sulfonamides is 1. The molecule has 2 aromatic carbocycles. The normalized spacial score (nSPS) is 11.6. The number of halogens is 1. The monoisotopic (exact) mass is 361 g/mol. The van der Waals surface area contributed by atoms with Crippen molar-refractivity contribution in [2.24, 2.45) is 0 Å². The standard InChI is InChI=1S/C17H16FN3O3S/c18-15-8-6-13(7-9-15)12-25(22,23)19-11-10-16-20-21-17(24-16)14-4-2-1-3-5-14/h1-9,19H,10-12H2. The van der Waals surface area contributed by atoms with Crippen LogP contribution in [0.5, 0.6) is 0 Å². The van der Waals surface area contributed by atoms with Gasteiger partial charge in [0.1, 0.15) is 5.82 Å². The van der Waals surface area contributed by atoms with E-state index in [0.29, 0.717) is 17.3 Å². The minimum absolute atomic E-state index is 0.139. The highest BCUT2D eigenvalue weighted by atomic mass is 32.2. The van der Waals surface area contributed by atoms with Crippen molar-refractivity contribution in [2.75, 3.05) is 6.54 Å². The van der Waals surface area contributed by atoms with Gasteiger partial charge in [0, 0.05) is 18.5 Å². The Hall–Kier alpha value is -2.58. The van der Waals surface area contributed by atoms with Crippen molar-refractivity contribution in [3.05, 3.63) is 71.9 Å². The van der Waals surface area contributed by atoms with Gasteiger partial charge < -0.3 is 4.42 Å². The van der Waals surface area contributed by atoms with Gasteiger partial charge in [0.15, 0.2) is 0 Å². The first-order chi connectivity index (χ1) is 12.0. The summed E-state index contributed by atoms with van der Waals surface area (Å²) in [6.07, 6.45) is 0.280. The van der Waals surface area contributed by atoms with Gasteiger partial charge in [-0.05, 0) is 29.8 Å². The van der Waals surface area contributed by atoms with Crippen LogP contribution in [-0.2, 0) is 22.2 Å². The zero-order valence-electron chi connectivity index (χ0n) is 13.2. The van der Waals surface area contributed by atoms with Crippen LogP contribution >= 0.6 is 0 Å². The van der Waals surface area contributed by atoms with Gasteiger partial charge in [-0.25, -0.2) is 17.5 Å². The number of hydrogen-bond donors (Lipinski definition) is 1. The summed E-state index contributed by atoms with van der Waals surface area (Å²) in [4.78, 5) is 0. The van der Waals surface area contributed by atoms with Crippen molar-refractivity contribution in [1.82, 2.24) is 14.9 Å². The minimum atomic E-state index is -3.53. The van der Waals surface area contributed by atoms with Crippen LogP contribution in [0.2, 0.25) is 0 Å². The fourth-order valence-electron chi connectivity index (χ4n) is 2.22. The van der Waals surface area contributed by atoms with E-state index in [1.54, 1.807) is 0 Å². The van der Waals surface area contributed by atoms with Crippen molar-refractivity contribution in [1.29, 1.82) is 0 Å². The Labute approximate surface area is 144 Å². The molecule has 0 spiro atoms. The average Bonchev–Trinajstić information content (AvgIpc) is 3.06. The third-order valence-electron chi connectivity index (χ3n) is 3.42. The predicted molar refractivity (Wildman–Crippen MR) is 90.5 cm³/mol. The highest BCUT2D eigenvalue weighted by molar-refractivity contribution is 7.88. The Balaban J connectivity index is 1.54. The maximum Gasteiger partial charge on any atom is 0.247 e. The number of nitrogens with zero attached hydrogens (tertiary/aromatic N) is 2. The van der Waals surface area contributed by atoms with Gasteiger partial charge in [0.25, 0.3) is 0 Å². The van der Waals surface area contributed by atoms with Gasteiger partial charge >= 0.3 is 0 Å². The second-order valence-corrected chi connectivity index (χ2v) is 7.20. The van der Waals surface area contributed by atoms with Crippen molar-refractivity contribution in [3.63, 3.8) is 0 Å². The Morgan fingerprint density at radius 1 is 1.00 bits per heavy atom. The molecule has 1 N–H and O–H groups in total. The number of aromatic nitrogens is 2. The van der Waals surface area contributed by atoms with Crippen LogP contribution < -0.4 is 4.72 Å². The summed E-state index contributed by atoms with van der Waals surface area (Å²) in [5, 5.41) is 7.86. The molecule has 0 saturated heterocycles. The van der Waals surface area contributed by atoms with E-state index >= 15 is 0 Å². The molecular weight excluding hydrogens is 345 g/mol. The predicted octanol–water partition coefficient (Wildman–Crippen LogP) is 2.54. The molecule has 25 heavy (non-hydrogen) atoms. The third-order valence-corrected chi connectivity index (χ3v) is 4.78. The van der Waals surface area contributed by atoms with Gasteiger partial charge in [0.05, 0.1) is 5.75 Å². The van der Waals surface area contributed by atoms with E-state index in [4.69, 9.17) is 4.42 Å². The van der Waals surface area contributed by atoms with Crippen LogP contribution in [0, 0.1) is 5.82 Å². The van der Waals surface area contributed by atoms with Crippen molar-refractivity contribution >= 4 is 10.0 Å². The van der Waals surface area contributed by atoms with Crippen molar-refractivity contribution in [2.45, 2.75) is 12.2 Å². The lowest BCUT2D eigenvalue weighted by molar-refractivity contribution is 0.502. The molecule has 0 aliphatic heterocycles. The van der Waals surface area contributed by atoms with Gasteiger partial charge in [-0.15, -0.1) is 10.2 Å². The van der Waals surface area contributed by atoms with Gasteiger partial charge in [-0.2, -0.15) is 0 Å². The fraction of sp³-hybridized carbons (Fsp3) is 0.176. The SMILES string of the molecule is O=S(=O)(Cc1ccc(F)cc1)NCCc1nnc(-c2ccccc2)o1. The maximum atomic E-state index is 12.8. The molecule has 0 amide bonds. The summed E-state index contributed by atoms with van der Waals surface area (Å²) in [6.45, 7) is 0.139. The van der Waals surface area contributed by atoms with Crippen molar-refractivity contribution in [3.8, 4) is 11.5 Å². The Kier molecular flexibility index (Phi) is 5.20. The van der Waals surface area contributed by atoms with E-state index in [2.05, 4.69) is 14.9 Å². The summed E-state index contributed by atoms with van der Waals surface area (Å²) < 4.78 is 44.9. The molecule has 130 valence electrons. The fourth-order valence-corrected chi connectivity index (χ4v) is 3.36. The highest BCUT2D eigenvalue weighted by Gasteiger charge is 2.13. The molecule has 0 saturated carbocycles. The molecule has 0 fully saturated rings. The second kappa shape index (κ2) is 7.54. The average molecular weight is 361 g/mol. The molecule has 0 aliphatic carbocycles. The second-order valence-electron chi connectivity index (χ2n) is 5.40. The van der Waals surface area contributed by atoms with Crippen LogP contribution in [0.25, 0.3) is 11.5 Å². The van der Waals surface area contributed by atoms with Crippen molar-refractivity contribution < 1.29 is 17.2 Å². The summed E-state index contributed by atoms with van der Waals surface area (Å²) in [7, 11) is -3.53. The zero-order chi connectivity index (χ0) is 17.7. The third kappa shape index (κ3) is 4.94. The molecule has 1 heterocycles. The smallest absolute Gasteiger partial charge is 0.247 e. The molecule has 0 atom stereocenters. The van der Waals surface area contributed by atoms with Crippen LogP contribution in [0.4, 0.5) is 4.39 Å². The Bertz CT molecular complexity index is 925. The summed E-state index contributed by atoms with van der Waals surface area (Å²) >= 11 is 0. The van der Waals surface area contributed by atoms with Crippen LogP contribution in [0.1, 0.15) is 11.5 Å². The Morgan fingerprint density at radius 3 is 2.44 bits per heavy atom. The lowest BCUT2D eigenvalue weighted by Gasteiger charge is -2.05. The summed E-state index contributed by atoms with van der Waals surface area (Å²) in [6, 6.07) is 14.7. The molecule has 3 rings (SSSR count). The number of benzene rings is 2. The Morgan fingerprint density at radius 2 is 1.72 bits per heavy atom. The molecule has 0 bridgehead atoms. The van der Waals surface area contributed by atoms with Gasteiger partial charge in [-0.1, -0.05) is 30.3 Å². The number of nitrogens with one attached hydrogen (secondary N) is 1. The van der Waals surface area contributed by atoms with E-state index in [1.165, 1.54) is 24.3 Å². The first-order valence-electron chi connectivity index (χ1n) is 7.61. The molecular formula is C17H16FN3O3S. The molecule has 3 aromatic rings. The molecule has 0 aliphatic rings. The first-order valence-corrected chi connectivity index (χ1v) is 9.27. The molecule has 8 heteroatoms. The van der Waals surface area contributed by atoms with E-state index in [1.807, 2.05) is 30.3 Å².